The Labute approximate surface area is 368 Å². The number of aryl methyl sites for hydroxylation is 1. The largest absolute Gasteiger partial charge is 0.486 e. The van der Waals surface area contributed by atoms with Crippen LogP contribution in [0.3, 0.4) is 0 Å². The molecule has 0 aliphatic rings. The Hall–Kier alpha value is -5.53. The van der Waals surface area contributed by atoms with Crippen LogP contribution in [0.1, 0.15) is 51.8 Å². The van der Waals surface area contributed by atoms with Gasteiger partial charge < -0.3 is 14.0 Å². The Kier molecular flexibility index (Phi) is 12.1. The number of rotatable bonds is 8. The van der Waals surface area contributed by atoms with Gasteiger partial charge in [0.05, 0.1) is 30.5 Å². The smallest absolute Gasteiger partial charge is 0.216 e. The predicted octanol–water partition coefficient (Wildman–Crippen LogP) is 13.3. The van der Waals surface area contributed by atoms with Gasteiger partial charge in [-0.2, -0.15) is 0 Å². The number of pyridine rings is 2. The molecular formula is C52H49FIrN4OSi-2. The van der Waals surface area contributed by atoms with E-state index in [0.717, 1.165) is 78.7 Å². The molecule has 0 spiro atoms. The molecule has 4 heterocycles. The van der Waals surface area contributed by atoms with Crippen molar-refractivity contribution in [3.05, 3.63) is 162 Å². The van der Waals surface area contributed by atoms with Crippen LogP contribution in [0.15, 0.2) is 132 Å². The first kappa shape index (κ1) is 41.2. The van der Waals surface area contributed by atoms with Gasteiger partial charge in [0.15, 0.2) is 0 Å². The van der Waals surface area contributed by atoms with E-state index in [1.165, 1.54) is 16.8 Å². The van der Waals surface area contributed by atoms with Gasteiger partial charge in [-0.15, -0.1) is 53.6 Å². The van der Waals surface area contributed by atoms with E-state index in [0.29, 0.717) is 17.5 Å². The van der Waals surface area contributed by atoms with Crippen molar-refractivity contribution < 1.29 is 30.3 Å². The SMILES string of the molecule is Cc1ccc2c(n1)oc1c(-c3cc(CC(C)C)c([Si](C)(C)C)cn3)[c-]ccc12.[2H]C(C)(C)c1cc[c-]c(-c2nc3ccccc3n2-c2ccc(F)cc2-c2ccccc2)c1.[Ir]. The molecule has 4 aromatic heterocycles. The fourth-order valence-corrected chi connectivity index (χ4v) is 9.32. The molecule has 9 rings (SSSR count). The Morgan fingerprint density at radius 3 is 2.32 bits per heavy atom. The molecule has 305 valence electrons. The van der Waals surface area contributed by atoms with Crippen LogP contribution >= 0.6 is 0 Å². The summed E-state index contributed by atoms with van der Waals surface area (Å²) in [6, 6.07) is 45.3. The number of nitrogens with zero attached hydrogens (tertiary/aromatic N) is 4. The average Bonchev–Trinajstić information content (AvgIpc) is 3.79. The standard InChI is InChI=1S/C28H22FN2.C24H27N2OSi.Ir/c1-19(2)21-11-8-12-22(17-21)28-30-25-13-6-7-14-27(25)31(28)26-16-15-23(29)18-24(26)20-9-4-3-5-10-20;1-15(2)12-17-13-21(25-14-22(17)28(4,5)6)20-9-7-8-18-19-11-10-16(3)26-24(19)27-23(18)20;/h3-11,13-19H,1-2H3;7-8,10-11,13-15H,12H2,1-6H3;/q2*-1;/i19D;;. The first-order chi connectivity index (χ1) is 28.7. The quantitative estimate of drug-likeness (QED) is 0.112. The van der Waals surface area contributed by atoms with Gasteiger partial charge in [0.25, 0.3) is 0 Å². The average molecular weight is 986 g/mol. The van der Waals surface area contributed by atoms with Crippen molar-refractivity contribution in [1.82, 2.24) is 19.5 Å². The maximum Gasteiger partial charge on any atom is 0.216 e. The summed E-state index contributed by atoms with van der Waals surface area (Å²) in [5.74, 6) is 0.277. The molecule has 60 heavy (non-hydrogen) atoms. The fraction of sp³-hybridized carbons (Fsp3) is 0.212. The van der Waals surface area contributed by atoms with E-state index in [1.54, 1.807) is 12.1 Å². The maximum atomic E-state index is 14.3. The summed E-state index contributed by atoms with van der Waals surface area (Å²) in [6.45, 7) is 17.4. The van der Waals surface area contributed by atoms with Crippen molar-refractivity contribution in [2.24, 2.45) is 5.92 Å². The number of imidazole rings is 1. The molecule has 8 heteroatoms. The molecule has 0 saturated carbocycles. The van der Waals surface area contributed by atoms with E-state index >= 15 is 0 Å². The summed E-state index contributed by atoms with van der Waals surface area (Å²) in [5.41, 5.74) is 11.7. The van der Waals surface area contributed by atoms with Gasteiger partial charge in [-0.3, -0.25) is 4.98 Å². The van der Waals surface area contributed by atoms with Crippen LogP contribution in [0.4, 0.5) is 4.39 Å². The van der Waals surface area contributed by atoms with Gasteiger partial charge in [-0.25, -0.2) is 9.37 Å². The van der Waals surface area contributed by atoms with Crippen molar-refractivity contribution >= 4 is 46.4 Å². The van der Waals surface area contributed by atoms with E-state index in [-0.39, 0.29) is 25.9 Å². The number of benzene rings is 5. The zero-order chi connectivity index (χ0) is 42.3. The van der Waals surface area contributed by atoms with E-state index < -0.39 is 14.0 Å². The van der Waals surface area contributed by atoms with E-state index in [2.05, 4.69) is 73.5 Å². The third-order valence-corrected chi connectivity index (χ3v) is 12.7. The summed E-state index contributed by atoms with van der Waals surface area (Å²) >= 11 is 0. The topological polar surface area (TPSA) is 56.7 Å². The third kappa shape index (κ3) is 8.69. The summed E-state index contributed by atoms with van der Waals surface area (Å²) in [4.78, 5) is 14.3. The second-order valence-corrected chi connectivity index (χ2v) is 21.9. The second kappa shape index (κ2) is 17.6. The zero-order valence-corrected chi connectivity index (χ0v) is 38.7. The van der Waals surface area contributed by atoms with Gasteiger partial charge in [-0.1, -0.05) is 112 Å². The number of hydrogen-bond donors (Lipinski definition) is 0. The van der Waals surface area contributed by atoms with Crippen molar-refractivity contribution in [2.75, 3.05) is 0 Å². The molecule has 0 bridgehead atoms. The van der Waals surface area contributed by atoms with Crippen LogP contribution in [-0.4, -0.2) is 27.6 Å². The Morgan fingerprint density at radius 1 is 0.817 bits per heavy atom. The van der Waals surface area contributed by atoms with Crippen molar-refractivity contribution in [3.63, 3.8) is 0 Å². The van der Waals surface area contributed by atoms with Gasteiger partial charge >= 0.3 is 0 Å². The van der Waals surface area contributed by atoms with E-state index in [9.17, 15) is 4.39 Å². The van der Waals surface area contributed by atoms with Crippen molar-refractivity contribution in [1.29, 1.82) is 0 Å². The summed E-state index contributed by atoms with van der Waals surface area (Å²) in [5, 5.41) is 3.55. The maximum absolute atomic E-state index is 14.3. The summed E-state index contributed by atoms with van der Waals surface area (Å²) < 4.78 is 31.0. The Morgan fingerprint density at radius 2 is 1.57 bits per heavy atom. The van der Waals surface area contributed by atoms with Gasteiger partial charge in [0, 0.05) is 50.0 Å². The molecule has 0 fully saturated rings. The number of aromatic nitrogens is 4. The van der Waals surface area contributed by atoms with Crippen LogP contribution < -0.4 is 5.19 Å². The first-order valence-electron chi connectivity index (χ1n) is 20.7. The Balaban J connectivity index is 0.000000183. The van der Waals surface area contributed by atoms with E-state index in [1.807, 2.05) is 112 Å². The van der Waals surface area contributed by atoms with Gasteiger partial charge in [-0.05, 0) is 84.1 Å². The van der Waals surface area contributed by atoms with Crippen LogP contribution in [0.25, 0.3) is 72.6 Å². The minimum Gasteiger partial charge on any atom is -0.486 e. The van der Waals surface area contributed by atoms with Gasteiger partial charge in [0.1, 0.15) is 5.82 Å². The molecule has 0 amide bonds. The number of furan rings is 1. The molecule has 0 aliphatic carbocycles. The molecule has 9 aromatic rings. The normalized spacial score (nSPS) is 12.1. The monoisotopic (exact) mass is 986 g/mol. The van der Waals surface area contributed by atoms with Crippen LogP contribution in [-0.2, 0) is 26.5 Å². The number of hydrogen-bond acceptors (Lipinski definition) is 4. The molecule has 5 aromatic carbocycles. The summed E-state index contributed by atoms with van der Waals surface area (Å²) in [7, 11) is -1.46. The molecule has 1 radical (unpaired) electrons. The number of para-hydroxylation sites is 2. The molecule has 0 N–H and O–H groups in total. The Bertz CT molecular complexity index is 3000. The molecule has 0 unspecified atom stereocenters. The zero-order valence-electron chi connectivity index (χ0n) is 36.3. The molecule has 0 atom stereocenters. The van der Waals surface area contributed by atoms with Crippen LogP contribution in [0, 0.1) is 30.8 Å². The third-order valence-electron chi connectivity index (χ3n) is 10.6. The van der Waals surface area contributed by atoms with Crippen LogP contribution in [0.5, 0.6) is 0 Å². The molecular weight excluding hydrogens is 936 g/mol. The van der Waals surface area contributed by atoms with Crippen molar-refractivity contribution in [2.45, 2.75) is 66.6 Å². The van der Waals surface area contributed by atoms with E-state index in [4.69, 9.17) is 15.8 Å². The summed E-state index contributed by atoms with van der Waals surface area (Å²) in [6.07, 6.45) is 3.16. The number of fused-ring (bicyclic) bond motifs is 4. The minimum atomic E-state index is -1.46. The first-order valence-corrected chi connectivity index (χ1v) is 23.7. The second-order valence-electron chi connectivity index (χ2n) is 16.9. The predicted molar refractivity (Wildman–Crippen MR) is 245 cm³/mol. The molecule has 0 saturated heterocycles. The van der Waals surface area contributed by atoms with Crippen molar-refractivity contribution in [3.8, 4) is 39.5 Å². The number of halogens is 1. The van der Waals surface area contributed by atoms with Gasteiger partial charge in [0.2, 0.25) is 5.71 Å². The molecule has 5 nitrogen and oxygen atoms in total. The van der Waals surface area contributed by atoms with Crippen LogP contribution in [0.2, 0.25) is 19.6 Å². The molecule has 0 aliphatic heterocycles. The fourth-order valence-electron chi connectivity index (χ4n) is 7.73. The minimum absolute atomic E-state index is 0.